The van der Waals surface area contributed by atoms with Gasteiger partial charge in [-0.2, -0.15) is 0 Å². The Kier molecular flexibility index (Phi) is 7.52. The second-order valence-corrected chi connectivity index (χ2v) is 6.26. The van der Waals surface area contributed by atoms with Crippen molar-refractivity contribution in [1.29, 1.82) is 0 Å². The number of hydrogen-bond acceptors (Lipinski definition) is 2. The maximum atomic E-state index is 10.1. The lowest BCUT2D eigenvalue weighted by molar-refractivity contribution is -0.945. The fraction of sp³-hybridized carbons (Fsp3) is 0.625. The van der Waals surface area contributed by atoms with Crippen molar-refractivity contribution in [2.75, 3.05) is 13.2 Å². The summed E-state index contributed by atoms with van der Waals surface area (Å²) >= 11 is 6.06. The van der Waals surface area contributed by atoms with Crippen LogP contribution < -0.4 is 4.90 Å². The van der Waals surface area contributed by atoms with Gasteiger partial charge in [-0.25, -0.2) is 0 Å². The molecule has 4 heteroatoms. The van der Waals surface area contributed by atoms with E-state index in [9.17, 15) is 5.11 Å². The lowest BCUT2D eigenvalue weighted by atomic mass is 10.2. The molecule has 0 unspecified atom stereocenters. The van der Waals surface area contributed by atoms with Crippen molar-refractivity contribution in [3.63, 3.8) is 0 Å². The first-order valence-electron chi connectivity index (χ1n) is 7.26. The van der Waals surface area contributed by atoms with Crippen molar-refractivity contribution >= 4 is 11.6 Å². The van der Waals surface area contributed by atoms with E-state index in [1.54, 1.807) is 0 Å². The van der Waals surface area contributed by atoms with Crippen LogP contribution in [0.1, 0.15) is 33.3 Å². The maximum absolute atomic E-state index is 10.1. The van der Waals surface area contributed by atoms with E-state index in [4.69, 9.17) is 16.3 Å². The van der Waals surface area contributed by atoms with Gasteiger partial charge in [-0.1, -0.05) is 29.8 Å². The minimum Gasteiger partial charge on any atom is -0.385 e. The Balaban J connectivity index is 2.36. The largest absolute Gasteiger partial charge is 0.385 e. The lowest BCUT2D eigenvalue weighted by Crippen LogP contribution is -3.18. The number of hydrogen-bond donors (Lipinski definition) is 2. The van der Waals surface area contributed by atoms with Crippen LogP contribution in [0.5, 0.6) is 0 Å². The molecule has 1 rings (SSSR count). The van der Waals surface area contributed by atoms with Gasteiger partial charge in [0.2, 0.25) is 0 Å². The zero-order chi connectivity index (χ0) is 15.1. The lowest BCUT2D eigenvalue weighted by Gasteiger charge is -2.29. The topological polar surface area (TPSA) is 33.9 Å². The van der Waals surface area contributed by atoms with Crippen molar-refractivity contribution in [2.45, 2.75) is 52.5 Å². The average Bonchev–Trinajstić information content (AvgIpc) is 2.37. The third-order valence-corrected chi connectivity index (χ3v) is 3.85. The van der Waals surface area contributed by atoms with Crippen LogP contribution in [0, 0.1) is 0 Å². The number of ether oxygens (including phenoxy) is 1. The Hall–Kier alpha value is -0.610. The van der Waals surface area contributed by atoms with Gasteiger partial charge >= 0.3 is 0 Å². The first-order valence-corrected chi connectivity index (χ1v) is 7.64. The molecule has 0 aromatic heterocycles. The molecule has 2 N–H and O–H groups in total. The van der Waals surface area contributed by atoms with E-state index in [1.165, 1.54) is 4.90 Å². The zero-order valence-corrected chi connectivity index (χ0v) is 13.7. The molecule has 0 radical (unpaired) electrons. The Bertz CT molecular complexity index is 388. The van der Waals surface area contributed by atoms with Gasteiger partial charge in [0.25, 0.3) is 0 Å². The molecular weight excluding hydrogens is 274 g/mol. The van der Waals surface area contributed by atoms with Crippen LogP contribution in [0.15, 0.2) is 24.3 Å². The summed E-state index contributed by atoms with van der Waals surface area (Å²) in [4.78, 5) is 1.39. The summed E-state index contributed by atoms with van der Waals surface area (Å²) in [7, 11) is 0. The van der Waals surface area contributed by atoms with Gasteiger partial charge in [0.05, 0.1) is 25.3 Å². The molecule has 1 atom stereocenters. The van der Waals surface area contributed by atoms with Crippen LogP contribution in [-0.4, -0.2) is 36.4 Å². The maximum Gasteiger partial charge on any atom is 0.126 e. The van der Waals surface area contributed by atoms with Gasteiger partial charge in [0, 0.05) is 5.02 Å². The number of benzene rings is 1. The molecule has 0 saturated heterocycles. The van der Waals surface area contributed by atoms with E-state index in [-0.39, 0.29) is 0 Å². The molecule has 0 aliphatic rings. The highest BCUT2D eigenvalue weighted by atomic mass is 35.5. The monoisotopic (exact) mass is 300 g/mol. The van der Waals surface area contributed by atoms with E-state index >= 15 is 0 Å². The minimum absolute atomic E-state index is 0.341. The molecule has 0 bridgehead atoms. The molecule has 1 aromatic rings. The van der Waals surface area contributed by atoms with Crippen LogP contribution in [0.2, 0.25) is 5.02 Å². The number of aliphatic hydroxyl groups is 1. The second kappa shape index (κ2) is 8.63. The quantitative estimate of drug-likeness (QED) is 0.769. The van der Waals surface area contributed by atoms with E-state index in [0.717, 1.165) is 5.56 Å². The molecule has 114 valence electrons. The number of quaternary nitrogens is 1. The van der Waals surface area contributed by atoms with Crippen LogP contribution in [0.25, 0.3) is 0 Å². The summed E-state index contributed by atoms with van der Waals surface area (Å²) in [5.74, 6) is 0. The predicted octanol–water partition coefficient (Wildman–Crippen LogP) is 1.92. The fourth-order valence-corrected chi connectivity index (χ4v) is 2.58. The predicted molar refractivity (Wildman–Crippen MR) is 83.2 cm³/mol. The summed E-state index contributed by atoms with van der Waals surface area (Å²) in [6.45, 7) is 10.2. The standard InChI is InChI=1S/C16H26ClNO2/c1-12(2)18(13(3)4)9-15(19)11-20-10-14-7-5-6-8-16(14)17/h5-8,12-13,15,19H,9-11H2,1-4H3/p+1/t15-/m1/s1. The van der Waals surface area contributed by atoms with Crippen molar-refractivity contribution in [3.05, 3.63) is 34.9 Å². The van der Waals surface area contributed by atoms with Gasteiger partial charge in [-0.05, 0) is 39.3 Å². The first kappa shape index (κ1) is 17.4. The Morgan fingerprint density at radius 1 is 1.15 bits per heavy atom. The van der Waals surface area contributed by atoms with E-state index in [2.05, 4.69) is 27.7 Å². The molecule has 0 fully saturated rings. The molecule has 3 nitrogen and oxygen atoms in total. The van der Waals surface area contributed by atoms with Gasteiger partial charge in [-0.3, -0.25) is 0 Å². The van der Waals surface area contributed by atoms with Crippen molar-refractivity contribution in [2.24, 2.45) is 0 Å². The number of rotatable bonds is 8. The SMILES string of the molecule is CC(C)[NH+](C[C@@H](O)COCc1ccccc1Cl)C(C)C. The smallest absolute Gasteiger partial charge is 0.126 e. The van der Waals surface area contributed by atoms with Crippen molar-refractivity contribution in [1.82, 2.24) is 0 Å². The summed E-state index contributed by atoms with van der Waals surface area (Å²) in [6, 6.07) is 8.60. The molecule has 20 heavy (non-hydrogen) atoms. The molecule has 0 spiro atoms. The number of halogens is 1. The highest BCUT2D eigenvalue weighted by Gasteiger charge is 2.21. The fourth-order valence-electron chi connectivity index (χ4n) is 2.39. The second-order valence-electron chi connectivity index (χ2n) is 5.85. The molecule has 0 saturated carbocycles. The highest BCUT2D eigenvalue weighted by Crippen LogP contribution is 2.15. The molecular formula is C16H27ClNO2+. The summed E-state index contributed by atoms with van der Waals surface area (Å²) in [5.41, 5.74) is 0.957. The van der Waals surface area contributed by atoms with Gasteiger partial charge in [0.15, 0.2) is 0 Å². The molecule has 0 heterocycles. The van der Waals surface area contributed by atoms with Crippen LogP contribution in [-0.2, 0) is 11.3 Å². The van der Waals surface area contributed by atoms with Gasteiger partial charge in [0.1, 0.15) is 12.6 Å². The van der Waals surface area contributed by atoms with Gasteiger partial charge < -0.3 is 14.7 Å². The number of nitrogens with one attached hydrogen (secondary N) is 1. The highest BCUT2D eigenvalue weighted by molar-refractivity contribution is 6.31. The minimum atomic E-state index is -0.447. The summed E-state index contributed by atoms with van der Waals surface area (Å²) in [5, 5.41) is 10.8. The normalized spacial score (nSPS) is 13.4. The molecule has 0 aliphatic carbocycles. The van der Waals surface area contributed by atoms with Crippen LogP contribution in [0.4, 0.5) is 0 Å². The van der Waals surface area contributed by atoms with Crippen molar-refractivity contribution < 1.29 is 14.7 Å². The summed E-state index contributed by atoms with van der Waals surface area (Å²) in [6.07, 6.45) is -0.447. The number of aliphatic hydroxyl groups excluding tert-OH is 1. The zero-order valence-electron chi connectivity index (χ0n) is 12.9. The Morgan fingerprint density at radius 3 is 2.30 bits per heavy atom. The molecule has 1 aromatic carbocycles. The van der Waals surface area contributed by atoms with E-state index < -0.39 is 6.10 Å². The van der Waals surface area contributed by atoms with Crippen LogP contribution in [0.3, 0.4) is 0 Å². The molecule has 0 amide bonds. The van der Waals surface area contributed by atoms with Crippen molar-refractivity contribution in [3.8, 4) is 0 Å². The van der Waals surface area contributed by atoms with E-state index in [1.807, 2.05) is 24.3 Å². The Labute approximate surface area is 127 Å². The van der Waals surface area contributed by atoms with Crippen LogP contribution >= 0.6 is 11.6 Å². The molecule has 0 aliphatic heterocycles. The average molecular weight is 301 g/mol. The van der Waals surface area contributed by atoms with E-state index in [0.29, 0.717) is 36.9 Å². The summed E-state index contributed by atoms with van der Waals surface area (Å²) < 4.78 is 5.57. The Morgan fingerprint density at radius 2 is 1.75 bits per heavy atom. The first-order chi connectivity index (χ1) is 9.41. The third-order valence-electron chi connectivity index (χ3n) is 3.48. The third kappa shape index (κ3) is 5.80. The van der Waals surface area contributed by atoms with Gasteiger partial charge in [-0.15, -0.1) is 0 Å².